The van der Waals surface area contributed by atoms with Crippen molar-refractivity contribution < 1.29 is 0 Å². The van der Waals surface area contributed by atoms with Crippen molar-refractivity contribution in [1.82, 2.24) is 5.32 Å². The predicted molar refractivity (Wildman–Crippen MR) is 52.9 cm³/mol. The van der Waals surface area contributed by atoms with Gasteiger partial charge in [0.05, 0.1) is 0 Å². The average molecular weight is 165 g/mol. The summed E-state index contributed by atoms with van der Waals surface area (Å²) in [6.45, 7) is 2.18. The number of hydrogen-bond acceptors (Lipinski definition) is 1. The minimum absolute atomic E-state index is 0.868. The van der Waals surface area contributed by atoms with Crippen LogP contribution in [0.25, 0.3) is 0 Å². The van der Waals surface area contributed by atoms with E-state index >= 15 is 0 Å². The maximum absolute atomic E-state index is 5.16. The van der Waals surface area contributed by atoms with E-state index in [9.17, 15) is 0 Å². The van der Waals surface area contributed by atoms with Crippen LogP contribution in [-0.2, 0) is 0 Å². The second kappa shape index (κ2) is 6.08. The fraction of sp³-hybridized carbons (Fsp3) is 0.818. The first-order valence-corrected chi connectivity index (χ1v) is 5.07. The Morgan fingerprint density at radius 2 is 2.00 bits per heavy atom. The van der Waals surface area contributed by atoms with Crippen LogP contribution in [0.2, 0.25) is 0 Å². The van der Waals surface area contributed by atoms with Crippen LogP contribution in [0.5, 0.6) is 0 Å². The summed E-state index contributed by atoms with van der Waals surface area (Å²) in [6, 6.07) is 0. The zero-order chi connectivity index (χ0) is 8.65. The van der Waals surface area contributed by atoms with Crippen molar-refractivity contribution in [2.75, 3.05) is 13.1 Å². The van der Waals surface area contributed by atoms with E-state index in [1.807, 2.05) is 0 Å². The molecule has 0 atom stereocenters. The van der Waals surface area contributed by atoms with Gasteiger partial charge < -0.3 is 5.32 Å². The lowest BCUT2D eigenvalue weighted by molar-refractivity contribution is 0.344. The third-order valence-corrected chi connectivity index (χ3v) is 2.60. The highest BCUT2D eigenvalue weighted by Crippen LogP contribution is 2.22. The summed E-state index contributed by atoms with van der Waals surface area (Å²) in [4.78, 5) is 0. The predicted octanol–water partition coefficient (Wildman–Crippen LogP) is 2.18. The first kappa shape index (κ1) is 9.61. The van der Waals surface area contributed by atoms with Crippen LogP contribution in [0.3, 0.4) is 0 Å². The van der Waals surface area contributed by atoms with Crippen molar-refractivity contribution in [1.29, 1.82) is 0 Å². The normalized spacial score (nSPS) is 18.9. The molecule has 1 fully saturated rings. The molecule has 0 amide bonds. The van der Waals surface area contributed by atoms with Gasteiger partial charge in [-0.15, -0.1) is 12.3 Å². The van der Waals surface area contributed by atoms with Crippen LogP contribution in [0, 0.1) is 18.3 Å². The molecule has 1 N–H and O–H groups in total. The highest BCUT2D eigenvalue weighted by molar-refractivity contribution is 4.84. The average Bonchev–Trinajstić information content (AvgIpc) is 2.14. The van der Waals surface area contributed by atoms with Crippen molar-refractivity contribution in [3.8, 4) is 12.3 Å². The molecule has 0 aromatic carbocycles. The summed E-state index contributed by atoms with van der Waals surface area (Å²) in [5.41, 5.74) is 0. The van der Waals surface area contributed by atoms with Gasteiger partial charge in [0.25, 0.3) is 0 Å². The Balaban J connectivity index is 1.95. The Morgan fingerprint density at radius 3 is 2.67 bits per heavy atom. The van der Waals surface area contributed by atoms with E-state index in [-0.39, 0.29) is 0 Å². The Hall–Kier alpha value is -0.480. The highest BCUT2D eigenvalue weighted by Gasteiger charge is 2.11. The topological polar surface area (TPSA) is 12.0 Å². The Morgan fingerprint density at radius 1 is 1.25 bits per heavy atom. The molecule has 0 aliphatic heterocycles. The lowest BCUT2D eigenvalue weighted by atomic mass is 9.89. The van der Waals surface area contributed by atoms with Crippen molar-refractivity contribution >= 4 is 0 Å². The van der Waals surface area contributed by atoms with Crippen LogP contribution in [0.4, 0.5) is 0 Å². The number of nitrogens with one attached hydrogen (secondary N) is 1. The molecule has 0 aromatic rings. The fourth-order valence-electron chi connectivity index (χ4n) is 1.86. The third kappa shape index (κ3) is 3.78. The van der Waals surface area contributed by atoms with Gasteiger partial charge in [0.15, 0.2) is 0 Å². The van der Waals surface area contributed by atoms with Gasteiger partial charge in [-0.2, -0.15) is 0 Å². The van der Waals surface area contributed by atoms with Gasteiger partial charge in [0, 0.05) is 13.0 Å². The molecule has 0 radical (unpaired) electrons. The summed E-state index contributed by atoms with van der Waals surface area (Å²) >= 11 is 0. The van der Waals surface area contributed by atoms with Crippen LogP contribution >= 0.6 is 0 Å². The number of hydrogen-bond donors (Lipinski definition) is 1. The van der Waals surface area contributed by atoms with Crippen molar-refractivity contribution in [2.45, 2.75) is 38.5 Å². The zero-order valence-electron chi connectivity index (χ0n) is 7.81. The van der Waals surface area contributed by atoms with Crippen LogP contribution in [-0.4, -0.2) is 13.1 Å². The Labute approximate surface area is 75.9 Å². The molecule has 1 nitrogen and oxygen atoms in total. The molecular formula is C11H19N. The number of rotatable bonds is 4. The second-order valence-electron chi connectivity index (χ2n) is 3.66. The van der Waals surface area contributed by atoms with Crippen LogP contribution in [0.1, 0.15) is 38.5 Å². The smallest absolute Gasteiger partial charge is 0.0211 e. The summed E-state index contributed by atoms with van der Waals surface area (Å²) in [5.74, 6) is 3.57. The largest absolute Gasteiger partial charge is 0.316 e. The Bertz CT molecular complexity index is 140. The molecule has 1 heteroatoms. The molecular weight excluding hydrogens is 146 g/mol. The van der Waals surface area contributed by atoms with Crippen LogP contribution < -0.4 is 5.32 Å². The van der Waals surface area contributed by atoms with Gasteiger partial charge in [-0.1, -0.05) is 19.3 Å². The third-order valence-electron chi connectivity index (χ3n) is 2.60. The summed E-state index contributed by atoms with van der Waals surface area (Å²) in [7, 11) is 0. The monoisotopic (exact) mass is 165 g/mol. The maximum atomic E-state index is 5.16. The maximum Gasteiger partial charge on any atom is 0.0211 e. The summed E-state index contributed by atoms with van der Waals surface area (Å²) in [5, 5.41) is 3.41. The van der Waals surface area contributed by atoms with Crippen molar-refractivity contribution in [3.05, 3.63) is 0 Å². The van der Waals surface area contributed by atoms with Gasteiger partial charge in [-0.25, -0.2) is 0 Å². The van der Waals surface area contributed by atoms with E-state index in [1.165, 1.54) is 38.6 Å². The van der Waals surface area contributed by atoms with E-state index < -0.39 is 0 Å². The lowest BCUT2D eigenvalue weighted by Crippen LogP contribution is -2.25. The molecule has 0 aromatic heterocycles. The fourth-order valence-corrected chi connectivity index (χ4v) is 1.86. The van der Waals surface area contributed by atoms with E-state index in [0.717, 1.165) is 18.9 Å². The first-order valence-electron chi connectivity index (χ1n) is 5.07. The second-order valence-corrected chi connectivity index (χ2v) is 3.66. The van der Waals surface area contributed by atoms with Gasteiger partial charge in [0.2, 0.25) is 0 Å². The molecule has 68 valence electrons. The standard InChI is InChI=1S/C11H19N/c1-2-3-9-12-10-11-7-5-4-6-8-11/h1,11-12H,3-10H2. The zero-order valence-corrected chi connectivity index (χ0v) is 7.81. The highest BCUT2D eigenvalue weighted by atomic mass is 14.8. The van der Waals surface area contributed by atoms with E-state index in [1.54, 1.807) is 0 Å². The van der Waals surface area contributed by atoms with Gasteiger partial charge in [-0.05, 0) is 25.3 Å². The molecule has 12 heavy (non-hydrogen) atoms. The molecule has 0 saturated heterocycles. The molecule has 0 unspecified atom stereocenters. The van der Waals surface area contributed by atoms with E-state index in [0.29, 0.717) is 0 Å². The summed E-state index contributed by atoms with van der Waals surface area (Å²) < 4.78 is 0. The van der Waals surface area contributed by atoms with Gasteiger partial charge in [0.1, 0.15) is 0 Å². The van der Waals surface area contributed by atoms with E-state index in [2.05, 4.69) is 11.2 Å². The minimum atomic E-state index is 0.868. The van der Waals surface area contributed by atoms with Crippen LogP contribution in [0.15, 0.2) is 0 Å². The van der Waals surface area contributed by atoms with E-state index in [4.69, 9.17) is 6.42 Å². The molecule has 0 heterocycles. The van der Waals surface area contributed by atoms with Crippen molar-refractivity contribution in [3.63, 3.8) is 0 Å². The van der Waals surface area contributed by atoms with Crippen molar-refractivity contribution in [2.24, 2.45) is 5.92 Å². The van der Waals surface area contributed by atoms with Gasteiger partial charge >= 0.3 is 0 Å². The molecule has 1 aliphatic carbocycles. The molecule has 0 bridgehead atoms. The van der Waals surface area contributed by atoms with Gasteiger partial charge in [-0.3, -0.25) is 0 Å². The quantitative estimate of drug-likeness (QED) is 0.497. The molecule has 1 saturated carbocycles. The molecule has 1 rings (SSSR count). The summed E-state index contributed by atoms with van der Waals surface area (Å²) in [6.07, 6.45) is 13.2. The molecule has 0 spiro atoms. The first-order chi connectivity index (χ1) is 5.93. The SMILES string of the molecule is C#CCCNCC1CCCCC1. The molecule has 1 aliphatic rings. The minimum Gasteiger partial charge on any atom is -0.316 e. The number of terminal acetylenes is 1. The lowest BCUT2D eigenvalue weighted by Gasteiger charge is -2.21. The Kier molecular flexibility index (Phi) is 4.87.